The Labute approximate surface area is 146 Å². The van der Waals surface area contributed by atoms with Crippen LogP contribution in [-0.4, -0.2) is 22.7 Å². The molecule has 0 unspecified atom stereocenters. The first-order valence-corrected chi connectivity index (χ1v) is 8.71. The average molecular weight is 339 g/mol. The molecule has 3 heterocycles. The van der Waals surface area contributed by atoms with Crippen LogP contribution in [0.4, 0.5) is 5.82 Å². The summed E-state index contributed by atoms with van der Waals surface area (Å²) in [6.45, 7) is 4.84. The maximum atomic E-state index is 12.6. The molecule has 0 N–H and O–H groups in total. The Hall–Kier alpha value is -2.63. The number of fused-ring (bicyclic) bond motifs is 2. The number of hydrogen-bond donors (Lipinski definition) is 0. The van der Waals surface area contributed by atoms with Crippen LogP contribution in [0.2, 0.25) is 0 Å². The Kier molecular flexibility index (Phi) is 4.03. The summed E-state index contributed by atoms with van der Waals surface area (Å²) < 4.78 is 10.8. The average Bonchev–Trinajstić information content (AvgIpc) is 3.05. The Morgan fingerprint density at radius 3 is 2.84 bits per heavy atom. The number of aromatic nitrogens is 2. The van der Waals surface area contributed by atoms with Crippen molar-refractivity contribution >= 4 is 11.7 Å². The fourth-order valence-electron chi connectivity index (χ4n) is 3.36. The molecule has 6 nitrogen and oxygen atoms in total. The summed E-state index contributed by atoms with van der Waals surface area (Å²) in [5, 5.41) is 0. The lowest BCUT2D eigenvalue weighted by Crippen LogP contribution is -2.36. The van der Waals surface area contributed by atoms with E-state index in [1.54, 1.807) is 4.90 Å². The molecule has 25 heavy (non-hydrogen) atoms. The molecule has 0 saturated carbocycles. The third-order valence-corrected chi connectivity index (χ3v) is 4.64. The van der Waals surface area contributed by atoms with Crippen molar-refractivity contribution < 1.29 is 14.3 Å². The van der Waals surface area contributed by atoms with Gasteiger partial charge in [0, 0.05) is 24.1 Å². The molecule has 130 valence electrons. The van der Waals surface area contributed by atoms with Crippen molar-refractivity contribution in [1.82, 2.24) is 9.97 Å². The zero-order valence-corrected chi connectivity index (χ0v) is 14.5. The number of nitrogens with zero attached hydrogens (tertiary/aromatic N) is 3. The molecule has 0 saturated heterocycles. The van der Waals surface area contributed by atoms with Gasteiger partial charge in [0.2, 0.25) is 12.7 Å². The third-order valence-electron chi connectivity index (χ3n) is 4.64. The van der Waals surface area contributed by atoms with E-state index in [2.05, 4.69) is 11.9 Å². The van der Waals surface area contributed by atoms with E-state index in [4.69, 9.17) is 14.5 Å². The van der Waals surface area contributed by atoms with Crippen molar-refractivity contribution in [2.75, 3.05) is 11.7 Å². The standard InChI is InChI=1S/C19H21N3O3/c1-3-4-17-20-12(2)14-6-8-18(23)22(19(14)21-17)10-13-5-7-15-16(9-13)25-11-24-15/h5,7,9H,3-4,6,8,10-11H2,1-2H3. The second kappa shape index (κ2) is 6.35. The van der Waals surface area contributed by atoms with Gasteiger partial charge in [0.05, 0.1) is 6.54 Å². The molecule has 4 rings (SSSR count). The highest BCUT2D eigenvalue weighted by Crippen LogP contribution is 2.34. The maximum absolute atomic E-state index is 12.6. The smallest absolute Gasteiger partial charge is 0.231 e. The van der Waals surface area contributed by atoms with Crippen LogP contribution in [0.15, 0.2) is 18.2 Å². The largest absolute Gasteiger partial charge is 0.454 e. The number of hydrogen-bond acceptors (Lipinski definition) is 5. The molecule has 0 bridgehead atoms. The van der Waals surface area contributed by atoms with E-state index in [-0.39, 0.29) is 12.7 Å². The fraction of sp³-hybridized carbons (Fsp3) is 0.421. The molecule has 0 atom stereocenters. The molecule has 6 heteroatoms. The molecule has 2 aliphatic heterocycles. The monoisotopic (exact) mass is 339 g/mol. The van der Waals surface area contributed by atoms with Crippen LogP contribution in [0.3, 0.4) is 0 Å². The molecule has 1 aromatic carbocycles. The van der Waals surface area contributed by atoms with Crippen LogP contribution < -0.4 is 14.4 Å². The van der Waals surface area contributed by atoms with E-state index < -0.39 is 0 Å². The van der Waals surface area contributed by atoms with Crippen molar-refractivity contribution in [2.24, 2.45) is 0 Å². The quantitative estimate of drug-likeness (QED) is 0.857. The number of anilines is 1. The van der Waals surface area contributed by atoms with Gasteiger partial charge < -0.3 is 9.47 Å². The molecule has 1 amide bonds. The van der Waals surface area contributed by atoms with Gasteiger partial charge in [0.25, 0.3) is 0 Å². The third kappa shape index (κ3) is 2.92. The SMILES string of the molecule is CCCc1nc(C)c2c(n1)N(Cc1ccc3c(c1)OCO3)C(=O)CC2. The predicted molar refractivity (Wildman–Crippen MR) is 92.8 cm³/mol. The summed E-state index contributed by atoms with van der Waals surface area (Å²) in [4.78, 5) is 23.7. The Balaban J connectivity index is 1.69. The van der Waals surface area contributed by atoms with E-state index in [0.717, 1.165) is 52.8 Å². The number of carbonyl (C=O) groups excluding carboxylic acids is 1. The van der Waals surface area contributed by atoms with E-state index in [1.165, 1.54) is 0 Å². The van der Waals surface area contributed by atoms with Gasteiger partial charge in [-0.15, -0.1) is 0 Å². The lowest BCUT2D eigenvalue weighted by Gasteiger charge is -2.29. The van der Waals surface area contributed by atoms with E-state index in [0.29, 0.717) is 19.4 Å². The van der Waals surface area contributed by atoms with Gasteiger partial charge in [-0.05, 0) is 37.5 Å². The summed E-state index contributed by atoms with van der Waals surface area (Å²) >= 11 is 0. The van der Waals surface area contributed by atoms with Crippen molar-refractivity contribution in [3.8, 4) is 11.5 Å². The zero-order valence-electron chi connectivity index (χ0n) is 14.5. The first kappa shape index (κ1) is 15.9. The van der Waals surface area contributed by atoms with Crippen LogP contribution >= 0.6 is 0 Å². The van der Waals surface area contributed by atoms with Crippen LogP contribution in [0.1, 0.15) is 42.4 Å². The number of benzene rings is 1. The minimum Gasteiger partial charge on any atom is -0.454 e. The Morgan fingerprint density at radius 2 is 2.00 bits per heavy atom. The van der Waals surface area contributed by atoms with Crippen LogP contribution in [0.5, 0.6) is 11.5 Å². The molecule has 0 radical (unpaired) electrons. The normalized spacial score (nSPS) is 15.4. The van der Waals surface area contributed by atoms with Gasteiger partial charge in [-0.3, -0.25) is 9.69 Å². The second-order valence-corrected chi connectivity index (χ2v) is 6.44. The number of ether oxygens (including phenoxy) is 2. The predicted octanol–water partition coefficient (Wildman–Crippen LogP) is 2.95. The van der Waals surface area contributed by atoms with E-state index >= 15 is 0 Å². The van der Waals surface area contributed by atoms with Gasteiger partial charge in [-0.2, -0.15) is 0 Å². The van der Waals surface area contributed by atoms with Gasteiger partial charge >= 0.3 is 0 Å². The lowest BCUT2D eigenvalue weighted by atomic mass is 10.0. The molecular weight excluding hydrogens is 318 g/mol. The molecule has 2 aromatic rings. The molecule has 2 aliphatic rings. The van der Waals surface area contributed by atoms with Gasteiger partial charge in [0.1, 0.15) is 11.6 Å². The number of rotatable bonds is 4. The molecule has 0 fully saturated rings. The van der Waals surface area contributed by atoms with Crippen molar-refractivity contribution in [2.45, 2.75) is 46.1 Å². The second-order valence-electron chi connectivity index (χ2n) is 6.44. The minimum atomic E-state index is 0.103. The number of amides is 1. The van der Waals surface area contributed by atoms with Gasteiger partial charge in [-0.1, -0.05) is 13.0 Å². The first-order valence-electron chi connectivity index (χ1n) is 8.71. The van der Waals surface area contributed by atoms with E-state index in [9.17, 15) is 4.79 Å². The summed E-state index contributed by atoms with van der Waals surface area (Å²) in [7, 11) is 0. The molecule has 1 aromatic heterocycles. The van der Waals surface area contributed by atoms with Crippen molar-refractivity contribution in [1.29, 1.82) is 0 Å². The number of carbonyl (C=O) groups is 1. The molecule has 0 aliphatic carbocycles. The van der Waals surface area contributed by atoms with E-state index in [1.807, 2.05) is 25.1 Å². The van der Waals surface area contributed by atoms with Gasteiger partial charge in [0.15, 0.2) is 11.5 Å². The van der Waals surface area contributed by atoms with Crippen LogP contribution in [0.25, 0.3) is 0 Å². The lowest BCUT2D eigenvalue weighted by molar-refractivity contribution is -0.119. The van der Waals surface area contributed by atoms with Crippen molar-refractivity contribution in [3.05, 3.63) is 40.8 Å². The summed E-state index contributed by atoms with van der Waals surface area (Å²) in [6.07, 6.45) is 3.01. The fourth-order valence-corrected chi connectivity index (χ4v) is 3.36. The number of aryl methyl sites for hydroxylation is 2. The first-order chi connectivity index (χ1) is 12.2. The van der Waals surface area contributed by atoms with Crippen LogP contribution in [0, 0.1) is 6.92 Å². The zero-order chi connectivity index (χ0) is 17.4. The topological polar surface area (TPSA) is 64.6 Å². The van der Waals surface area contributed by atoms with Crippen LogP contribution in [-0.2, 0) is 24.2 Å². The maximum Gasteiger partial charge on any atom is 0.231 e. The minimum absolute atomic E-state index is 0.103. The highest BCUT2D eigenvalue weighted by molar-refractivity contribution is 5.95. The van der Waals surface area contributed by atoms with Crippen molar-refractivity contribution in [3.63, 3.8) is 0 Å². The summed E-state index contributed by atoms with van der Waals surface area (Å²) in [6, 6.07) is 5.79. The highest BCUT2D eigenvalue weighted by Gasteiger charge is 2.28. The van der Waals surface area contributed by atoms with Gasteiger partial charge in [-0.25, -0.2) is 9.97 Å². The Bertz CT molecular complexity index is 835. The molecular formula is C19H21N3O3. The highest BCUT2D eigenvalue weighted by atomic mass is 16.7. The summed E-state index contributed by atoms with van der Waals surface area (Å²) in [5.41, 5.74) is 3.07. The Morgan fingerprint density at radius 1 is 1.16 bits per heavy atom. The molecule has 0 spiro atoms. The summed E-state index contributed by atoms with van der Waals surface area (Å²) in [5.74, 6) is 3.16.